The van der Waals surface area contributed by atoms with E-state index in [9.17, 15) is 0 Å². The van der Waals surface area contributed by atoms with Gasteiger partial charge in [0.25, 0.3) is 0 Å². The van der Waals surface area contributed by atoms with Crippen LogP contribution in [0.25, 0.3) is 0 Å². The van der Waals surface area contributed by atoms with Crippen molar-refractivity contribution in [1.82, 2.24) is 4.90 Å². The summed E-state index contributed by atoms with van der Waals surface area (Å²) in [4.78, 5) is 2.15. The molecule has 0 radical (unpaired) electrons. The van der Waals surface area contributed by atoms with Crippen molar-refractivity contribution in [3.05, 3.63) is 11.6 Å². The number of hydrogen-bond donors (Lipinski definition) is 0. The average Bonchev–Trinajstić information content (AvgIpc) is 2.00. The van der Waals surface area contributed by atoms with E-state index in [-0.39, 0.29) is 5.54 Å². The lowest BCUT2D eigenvalue weighted by Crippen LogP contribution is -2.39. The van der Waals surface area contributed by atoms with Crippen molar-refractivity contribution in [2.45, 2.75) is 33.2 Å². The van der Waals surface area contributed by atoms with Crippen LogP contribution in [-0.4, -0.2) is 24.0 Å². The molecule has 1 heteroatoms. The molecule has 0 aliphatic rings. The minimum Gasteiger partial charge on any atom is -0.287 e. The fourth-order valence-electron chi connectivity index (χ4n) is 0.658. The second-order valence-corrected chi connectivity index (χ2v) is 3.87. The first kappa shape index (κ1) is 11.3. The predicted molar refractivity (Wildman–Crippen MR) is 55.0 cm³/mol. The van der Waals surface area contributed by atoms with Gasteiger partial charge >= 0.3 is 0 Å². The van der Waals surface area contributed by atoms with E-state index in [0.717, 1.165) is 6.54 Å². The van der Waals surface area contributed by atoms with Crippen molar-refractivity contribution in [3.8, 4) is 12.3 Å². The first-order valence-corrected chi connectivity index (χ1v) is 4.22. The summed E-state index contributed by atoms with van der Waals surface area (Å²) < 4.78 is 0. The topological polar surface area (TPSA) is 3.24 Å². The van der Waals surface area contributed by atoms with Crippen LogP contribution in [0.2, 0.25) is 0 Å². The molecular weight excluding hydrogens is 146 g/mol. The summed E-state index contributed by atoms with van der Waals surface area (Å²) in [5, 5.41) is 0. The number of rotatable bonds is 3. The van der Waals surface area contributed by atoms with Crippen molar-refractivity contribution in [1.29, 1.82) is 0 Å². The molecule has 0 unspecified atom stereocenters. The van der Waals surface area contributed by atoms with Gasteiger partial charge in [-0.25, -0.2) is 0 Å². The van der Waals surface area contributed by atoms with Crippen molar-refractivity contribution in [2.75, 3.05) is 13.6 Å². The fraction of sp³-hybridized carbons (Fsp3) is 0.636. The van der Waals surface area contributed by atoms with Crippen molar-refractivity contribution < 1.29 is 0 Å². The standard InChI is InChI=1S/C11H19N/c1-7-11(4,5)12(6)9-8-10(2)3/h1,8H,9H2,2-6H3. The second-order valence-electron chi connectivity index (χ2n) is 3.87. The first-order valence-electron chi connectivity index (χ1n) is 4.22. The molecule has 0 aromatic carbocycles. The smallest absolute Gasteiger partial charge is 0.0766 e. The second kappa shape index (κ2) is 4.33. The number of allylic oxidation sites excluding steroid dienone is 1. The molecule has 0 bridgehead atoms. The average molecular weight is 165 g/mol. The molecule has 0 saturated heterocycles. The third-order valence-corrected chi connectivity index (χ3v) is 2.08. The zero-order valence-electron chi connectivity index (χ0n) is 8.81. The van der Waals surface area contributed by atoms with Gasteiger partial charge in [0.1, 0.15) is 0 Å². The molecule has 0 aliphatic heterocycles. The normalized spacial score (nSPS) is 11.1. The molecule has 0 aromatic rings. The highest BCUT2D eigenvalue weighted by molar-refractivity contribution is 5.09. The van der Waals surface area contributed by atoms with E-state index < -0.39 is 0 Å². The first-order chi connectivity index (χ1) is 5.40. The summed E-state index contributed by atoms with van der Waals surface area (Å²) in [7, 11) is 2.04. The monoisotopic (exact) mass is 165 g/mol. The lowest BCUT2D eigenvalue weighted by atomic mass is 10.1. The Bertz CT molecular complexity index is 202. The maximum Gasteiger partial charge on any atom is 0.0766 e. The van der Waals surface area contributed by atoms with Crippen LogP contribution in [0.4, 0.5) is 0 Å². The lowest BCUT2D eigenvalue weighted by Gasteiger charge is -2.29. The summed E-state index contributed by atoms with van der Waals surface area (Å²) in [5.41, 5.74) is 1.18. The van der Waals surface area contributed by atoms with E-state index in [0.29, 0.717) is 0 Å². The van der Waals surface area contributed by atoms with E-state index in [1.807, 2.05) is 20.9 Å². The largest absolute Gasteiger partial charge is 0.287 e. The fourth-order valence-corrected chi connectivity index (χ4v) is 0.658. The van der Waals surface area contributed by atoms with Gasteiger partial charge in [0.15, 0.2) is 0 Å². The van der Waals surface area contributed by atoms with E-state index in [4.69, 9.17) is 6.42 Å². The summed E-state index contributed by atoms with van der Waals surface area (Å²) in [6.07, 6.45) is 7.58. The van der Waals surface area contributed by atoms with Crippen LogP contribution in [0.5, 0.6) is 0 Å². The molecule has 12 heavy (non-hydrogen) atoms. The quantitative estimate of drug-likeness (QED) is 0.458. The molecule has 68 valence electrons. The van der Waals surface area contributed by atoms with Crippen LogP contribution in [0.1, 0.15) is 27.7 Å². The van der Waals surface area contributed by atoms with Gasteiger partial charge in [-0.1, -0.05) is 17.6 Å². The van der Waals surface area contributed by atoms with Crippen molar-refractivity contribution in [2.24, 2.45) is 0 Å². The Morgan fingerprint density at radius 2 is 2.00 bits per heavy atom. The number of hydrogen-bond acceptors (Lipinski definition) is 1. The molecule has 0 aromatic heterocycles. The van der Waals surface area contributed by atoms with Gasteiger partial charge in [-0.2, -0.15) is 0 Å². The number of terminal acetylenes is 1. The SMILES string of the molecule is C#CC(C)(C)N(C)CC=C(C)C. The third-order valence-electron chi connectivity index (χ3n) is 2.08. The zero-order valence-corrected chi connectivity index (χ0v) is 8.81. The summed E-state index contributed by atoms with van der Waals surface area (Å²) in [5.74, 6) is 2.76. The summed E-state index contributed by atoms with van der Waals surface area (Å²) in [6, 6.07) is 0. The van der Waals surface area contributed by atoms with E-state index >= 15 is 0 Å². The Kier molecular flexibility index (Phi) is 4.06. The predicted octanol–water partition coefficient (Wildman–Crippen LogP) is 2.30. The van der Waals surface area contributed by atoms with Gasteiger partial charge in [-0.05, 0) is 34.7 Å². The molecular formula is C11H19N. The molecule has 0 fully saturated rings. The third kappa shape index (κ3) is 3.59. The number of nitrogens with zero attached hydrogens (tertiary/aromatic N) is 1. The molecule has 0 spiro atoms. The summed E-state index contributed by atoms with van der Waals surface area (Å²) >= 11 is 0. The van der Waals surface area contributed by atoms with Gasteiger partial charge in [0, 0.05) is 6.54 Å². The van der Waals surface area contributed by atoms with Crippen LogP contribution in [0.15, 0.2) is 11.6 Å². The van der Waals surface area contributed by atoms with Gasteiger partial charge in [0.05, 0.1) is 5.54 Å². The van der Waals surface area contributed by atoms with Gasteiger partial charge in [0.2, 0.25) is 0 Å². The van der Waals surface area contributed by atoms with Crippen LogP contribution in [-0.2, 0) is 0 Å². The van der Waals surface area contributed by atoms with Crippen LogP contribution in [0, 0.1) is 12.3 Å². The molecule has 1 nitrogen and oxygen atoms in total. The van der Waals surface area contributed by atoms with Crippen molar-refractivity contribution >= 4 is 0 Å². The summed E-state index contributed by atoms with van der Waals surface area (Å²) in [6.45, 7) is 9.20. The highest BCUT2D eigenvalue weighted by atomic mass is 15.1. The van der Waals surface area contributed by atoms with Crippen molar-refractivity contribution in [3.63, 3.8) is 0 Å². The van der Waals surface area contributed by atoms with E-state index in [1.165, 1.54) is 5.57 Å². The molecule has 0 amide bonds. The minimum atomic E-state index is -0.147. The van der Waals surface area contributed by atoms with Gasteiger partial charge in [-0.3, -0.25) is 4.90 Å². The molecule has 0 aliphatic carbocycles. The zero-order chi connectivity index (χ0) is 9.78. The molecule has 0 saturated carbocycles. The van der Waals surface area contributed by atoms with Gasteiger partial charge < -0.3 is 0 Å². The van der Waals surface area contributed by atoms with Crippen LogP contribution >= 0.6 is 0 Å². The maximum atomic E-state index is 5.40. The Morgan fingerprint density at radius 1 is 1.50 bits per heavy atom. The molecule has 0 N–H and O–H groups in total. The Labute approximate surface area is 76.5 Å². The lowest BCUT2D eigenvalue weighted by molar-refractivity contribution is 0.237. The van der Waals surface area contributed by atoms with Gasteiger partial charge in [-0.15, -0.1) is 6.42 Å². The number of likely N-dealkylation sites (N-methyl/N-ethyl adjacent to an activating group) is 1. The molecule has 0 heterocycles. The highest BCUT2D eigenvalue weighted by Crippen LogP contribution is 2.10. The highest BCUT2D eigenvalue weighted by Gasteiger charge is 2.18. The molecule has 0 atom stereocenters. The van der Waals surface area contributed by atoms with Crippen LogP contribution < -0.4 is 0 Å². The minimum absolute atomic E-state index is 0.147. The molecule has 0 rings (SSSR count). The Balaban J connectivity index is 4.16. The van der Waals surface area contributed by atoms with E-state index in [1.54, 1.807) is 0 Å². The maximum absolute atomic E-state index is 5.40. The Hall–Kier alpha value is -0.740. The van der Waals surface area contributed by atoms with E-state index in [2.05, 4.69) is 30.7 Å². The van der Waals surface area contributed by atoms with Crippen LogP contribution in [0.3, 0.4) is 0 Å². The Morgan fingerprint density at radius 3 is 2.33 bits per heavy atom.